The first-order chi connectivity index (χ1) is 6.99. The molecule has 15 heavy (non-hydrogen) atoms. The molecule has 0 aliphatic heterocycles. The first kappa shape index (κ1) is 12.0. The summed E-state index contributed by atoms with van der Waals surface area (Å²) < 4.78 is 0.953. The third kappa shape index (κ3) is 3.89. The zero-order valence-corrected chi connectivity index (χ0v) is 9.91. The van der Waals surface area contributed by atoms with Gasteiger partial charge in [0.05, 0.1) is 0 Å². The summed E-state index contributed by atoms with van der Waals surface area (Å²) in [6, 6.07) is 4.90. The van der Waals surface area contributed by atoms with E-state index >= 15 is 0 Å². The molecule has 0 aromatic heterocycles. The lowest BCUT2D eigenvalue weighted by Gasteiger charge is -2.10. The molecule has 82 valence electrons. The largest absolute Gasteiger partial charge is 0.480 e. The Morgan fingerprint density at radius 1 is 1.60 bits per heavy atom. The number of hydrogen-bond donors (Lipinski definition) is 3. The zero-order chi connectivity index (χ0) is 11.4. The van der Waals surface area contributed by atoms with Crippen LogP contribution >= 0.6 is 15.9 Å². The molecule has 5 heteroatoms. The van der Waals surface area contributed by atoms with Crippen molar-refractivity contribution in [3.8, 4) is 0 Å². The third-order valence-corrected chi connectivity index (χ3v) is 2.34. The van der Waals surface area contributed by atoms with E-state index in [0.29, 0.717) is 0 Å². The van der Waals surface area contributed by atoms with Gasteiger partial charge in [0.15, 0.2) is 0 Å². The smallest absolute Gasteiger partial charge is 0.322 e. The number of carbonyl (C=O) groups is 1. The lowest BCUT2D eigenvalue weighted by atomic mass is 10.2. The molecule has 0 aliphatic rings. The van der Waals surface area contributed by atoms with Gasteiger partial charge in [0.2, 0.25) is 0 Å². The second-order valence-electron chi connectivity index (χ2n) is 3.34. The number of carboxylic acid groups (broad SMARTS) is 1. The standard InChI is InChI=1S/C10H13BrN2O2/c1-6-2-7(11)4-8(3-6)13-5-9(12)10(14)15/h2-4,9,13H,5,12H2,1H3,(H,14,15). The van der Waals surface area contributed by atoms with Crippen molar-refractivity contribution in [3.05, 3.63) is 28.2 Å². The molecule has 0 heterocycles. The van der Waals surface area contributed by atoms with Crippen LogP contribution in [0.1, 0.15) is 5.56 Å². The van der Waals surface area contributed by atoms with Crippen LogP contribution in [0.2, 0.25) is 0 Å². The molecule has 0 amide bonds. The fourth-order valence-corrected chi connectivity index (χ4v) is 1.76. The normalized spacial score (nSPS) is 12.2. The molecule has 1 atom stereocenters. The topological polar surface area (TPSA) is 75.3 Å². The van der Waals surface area contributed by atoms with Crippen molar-refractivity contribution in [2.75, 3.05) is 11.9 Å². The Balaban J connectivity index is 2.61. The highest BCUT2D eigenvalue weighted by Gasteiger charge is 2.10. The average molecular weight is 273 g/mol. The summed E-state index contributed by atoms with van der Waals surface area (Å²) in [6.45, 7) is 2.18. The van der Waals surface area contributed by atoms with Crippen LogP contribution in [0.3, 0.4) is 0 Å². The second-order valence-corrected chi connectivity index (χ2v) is 4.26. The molecule has 0 radical (unpaired) electrons. The van der Waals surface area contributed by atoms with E-state index in [1.807, 2.05) is 25.1 Å². The summed E-state index contributed by atoms with van der Waals surface area (Å²) in [4.78, 5) is 10.5. The SMILES string of the molecule is Cc1cc(Br)cc(NCC(N)C(=O)O)c1. The number of rotatable bonds is 4. The van der Waals surface area contributed by atoms with Crippen LogP contribution in [-0.2, 0) is 4.79 Å². The number of nitrogens with one attached hydrogen (secondary N) is 1. The van der Waals surface area contributed by atoms with Gasteiger partial charge in [-0.15, -0.1) is 0 Å². The molecule has 0 saturated carbocycles. The van der Waals surface area contributed by atoms with E-state index in [4.69, 9.17) is 10.8 Å². The number of hydrogen-bond acceptors (Lipinski definition) is 3. The van der Waals surface area contributed by atoms with Gasteiger partial charge in [-0.1, -0.05) is 15.9 Å². The fraction of sp³-hybridized carbons (Fsp3) is 0.300. The highest BCUT2D eigenvalue weighted by molar-refractivity contribution is 9.10. The molecular formula is C10H13BrN2O2. The summed E-state index contributed by atoms with van der Waals surface area (Å²) in [5, 5.41) is 11.6. The van der Waals surface area contributed by atoms with Gasteiger partial charge in [0.1, 0.15) is 6.04 Å². The molecule has 0 saturated heterocycles. The van der Waals surface area contributed by atoms with Gasteiger partial charge >= 0.3 is 5.97 Å². The maximum atomic E-state index is 10.5. The van der Waals surface area contributed by atoms with E-state index in [-0.39, 0.29) is 6.54 Å². The average Bonchev–Trinajstić information content (AvgIpc) is 2.12. The minimum Gasteiger partial charge on any atom is -0.480 e. The molecule has 4 N–H and O–H groups in total. The first-order valence-corrected chi connectivity index (χ1v) is 5.28. The number of halogens is 1. The van der Waals surface area contributed by atoms with Crippen LogP contribution in [-0.4, -0.2) is 23.7 Å². The number of anilines is 1. The number of benzene rings is 1. The summed E-state index contributed by atoms with van der Waals surface area (Å²) in [6.07, 6.45) is 0. The molecule has 0 aliphatic carbocycles. The van der Waals surface area contributed by atoms with Crippen LogP contribution in [0.15, 0.2) is 22.7 Å². The van der Waals surface area contributed by atoms with Crippen LogP contribution in [0.25, 0.3) is 0 Å². The number of aryl methyl sites for hydroxylation is 1. The Hall–Kier alpha value is -1.07. The van der Waals surface area contributed by atoms with E-state index in [9.17, 15) is 4.79 Å². The Morgan fingerprint density at radius 2 is 2.27 bits per heavy atom. The van der Waals surface area contributed by atoms with Gasteiger partial charge in [-0.3, -0.25) is 4.79 Å². The predicted molar refractivity (Wildman–Crippen MR) is 63.0 cm³/mol. The van der Waals surface area contributed by atoms with Crippen molar-refractivity contribution < 1.29 is 9.90 Å². The minimum absolute atomic E-state index is 0.214. The van der Waals surface area contributed by atoms with Gasteiger partial charge in [0, 0.05) is 16.7 Å². The lowest BCUT2D eigenvalue weighted by molar-refractivity contribution is -0.138. The van der Waals surface area contributed by atoms with E-state index in [1.54, 1.807) is 0 Å². The number of carboxylic acids is 1. The quantitative estimate of drug-likeness (QED) is 0.778. The van der Waals surface area contributed by atoms with Crippen molar-refractivity contribution in [3.63, 3.8) is 0 Å². The van der Waals surface area contributed by atoms with Crippen molar-refractivity contribution >= 4 is 27.6 Å². The molecule has 0 fully saturated rings. The van der Waals surface area contributed by atoms with Gasteiger partial charge in [-0.2, -0.15) is 0 Å². The van der Waals surface area contributed by atoms with Gasteiger partial charge in [-0.05, 0) is 30.7 Å². The van der Waals surface area contributed by atoms with Crippen LogP contribution in [0.4, 0.5) is 5.69 Å². The summed E-state index contributed by atoms with van der Waals surface area (Å²) in [7, 11) is 0. The first-order valence-electron chi connectivity index (χ1n) is 4.48. The predicted octanol–water partition coefficient (Wildman–Crippen LogP) is 1.58. The molecule has 1 unspecified atom stereocenters. The highest BCUT2D eigenvalue weighted by Crippen LogP contribution is 2.18. The van der Waals surface area contributed by atoms with Gasteiger partial charge < -0.3 is 16.2 Å². The summed E-state index contributed by atoms with van der Waals surface area (Å²) >= 11 is 3.36. The monoisotopic (exact) mass is 272 g/mol. The maximum Gasteiger partial charge on any atom is 0.322 e. The Kier molecular flexibility index (Phi) is 4.11. The van der Waals surface area contributed by atoms with Crippen LogP contribution < -0.4 is 11.1 Å². The van der Waals surface area contributed by atoms with E-state index in [0.717, 1.165) is 15.7 Å². The second kappa shape index (κ2) is 5.14. The van der Waals surface area contributed by atoms with Crippen molar-refractivity contribution in [1.29, 1.82) is 0 Å². The maximum absolute atomic E-state index is 10.5. The molecular weight excluding hydrogens is 260 g/mol. The van der Waals surface area contributed by atoms with E-state index in [2.05, 4.69) is 21.2 Å². The van der Waals surface area contributed by atoms with Crippen LogP contribution in [0.5, 0.6) is 0 Å². The van der Waals surface area contributed by atoms with Crippen molar-refractivity contribution in [2.45, 2.75) is 13.0 Å². The van der Waals surface area contributed by atoms with Crippen molar-refractivity contribution in [1.82, 2.24) is 0 Å². The summed E-state index contributed by atoms with van der Waals surface area (Å²) in [5.41, 5.74) is 7.32. The Morgan fingerprint density at radius 3 is 2.80 bits per heavy atom. The molecule has 0 spiro atoms. The highest BCUT2D eigenvalue weighted by atomic mass is 79.9. The Bertz CT molecular complexity index is 348. The molecule has 1 aromatic rings. The molecule has 0 bridgehead atoms. The molecule has 1 rings (SSSR count). The van der Waals surface area contributed by atoms with Crippen molar-refractivity contribution in [2.24, 2.45) is 5.73 Å². The number of aliphatic carboxylic acids is 1. The van der Waals surface area contributed by atoms with Gasteiger partial charge in [-0.25, -0.2) is 0 Å². The van der Waals surface area contributed by atoms with E-state index in [1.165, 1.54) is 0 Å². The summed E-state index contributed by atoms with van der Waals surface area (Å²) in [5.74, 6) is -1.01. The number of nitrogens with two attached hydrogens (primary N) is 1. The van der Waals surface area contributed by atoms with E-state index < -0.39 is 12.0 Å². The third-order valence-electron chi connectivity index (χ3n) is 1.89. The zero-order valence-electron chi connectivity index (χ0n) is 8.33. The molecule has 4 nitrogen and oxygen atoms in total. The lowest BCUT2D eigenvalue weighted by Crippen LogP contribution is -2.36. The minimum atomic E-state index is -1.01. The fourth-order valence-electron chi connectivity index (χ4n) is 1.15. The molecule has 1 aromatic carbocycles. The Labute approximate surface area is 96.6 Å². The van der Waals surface area contributed by atoms with Gasteiger partial charge in [0.25, 0.3) is 0 Å². The van der Waals surface area contributed by atoms with Crippen LogP contribution in [0, 0.1) is 6.92 Å².